The Bertz CT molecular complexity index is 843. The number of nitrogens with one attached hydrogen (secondary N) is 1. The lowest BCUT2D eigenvalue weighted by molar-refractivity contribution is 0.145. The van der Waals surface area contributed by atoms with E-state index in [0.717, 1.165) is 56.8 Å². The van der Waals surface area contributed by atoms with Gasteiger partial charge in [0.1, 0.15) is 5.82 Å². The first-order chi connectivity index (χ1) is 13.6. The molecule has 0 aliphatic carbocycles. The fraction of sp³-hybridized carbons (Fsp3) is 0.591. The van der Waals surface area contributed by atoms with Crippen molar-refractivity contribution >= 4 is 6.03 Å². The van der Waals surface area contributed by atoms with Gasteiger partial charge >= 0.3 is 6.03 Å². The van der Waals surface area contributed by atoms with Crippen LogP contribution in [-0.2, 0) is 19.4 Å². The monoisotopic (exact) mass is 381 g/mol. The molecule has 6 nitrogen and oxygen atoms in total. The second-order valence-corrected chi connectivity index (χ2v) is 8.20. The van der Waals surface area contributed by atoms with Crippen molar-refractivity contribution in [3.05, 3.63) is 46.5 Å². The Morgan fingerprint density at radius 3 is 2.86 bits per heavy atom. The highest BCUT2D eigenvalue weighted by molar-refractivity contribution is 5.74. The van der Waals surface area contributed by atoms with Gasteiger partial charge in [-0.1, -0.05) is 23.8 Å². The second-order valence-electron chi connectivity index (χ2n) is 8.20. The molecule has 1 aromatic heterocycles. The van der Waals surface area contributed by atoms with E-state index >= 15 is 0 Å². The van der Waals surface area contributed by atoms with Gasteiger partial charge in [-0.2, -0.15) is 0 Å². The molecule has 1 N–H and O–H groups in total. The molecule has 150 valence electrons. The summed E-state index contributed by atoms with van der Waals surface area (Å²) in [6, 6.07) is 6.59. The topological polar surface area (TPSA) is 63.1 Å². The molecule has 1 aromatic carbocycles. The number of piperidine rings is 1. The number of rotatable bonds is 4. The predicted molar refractivity (Wildman–Crippen MR) is 109 cm³/mol. The number of carbonyl (C=O) groups excluding carboxylic acids is 1. The third kappa shape index (κ3) is 3.91. The predicted octanol–water partition coefficient (Wildman–Crippen LogP) is 3.71. The van der Waals surface area contributed by atoms with E-state index in [1.807, 2.05) is 4.90 Å². The van der Waals surface area contributed by atoms with Crippen LogP contribution in [0.5, 0.6) is 0 Å². The molecule has 3 heterocycles. The van der Waals surface area contributed by atoms with E-state index in [0.29, 0.717) is 6.54 Å². The maximum absolute atomic E-state index is 13.0. The summed E-state index contributed by atoms with van der Waals surface area (Å²) < 4.78 is 2.26. The Hall–Kier alpha value is -2.37. The largest absolute Gasteiger partial charge is 0.338 e. The first kappa shape index (κ1) is 19.0. The fourth-order valence-corrected chi connectivity index (χ4v) is 4.55. The molecule has 1 saturated heterocycles. The molecule has 0 spiro atoms. The fourth-order valence-electron chi connectivity index (χ4n) is 4.55. The van der Waals surface area contributed by atoms with Crippen LogP contribution < -0.4 is 5.32 Å². The summed E-state index contributed by atoms with van der Waals surface area (Å²) in [5.74, 6) is 2.07. The lowest BCUT2D eigenvalue weighted by Gasteiger charge is -2.35. The molecule has 2 aromatic rings. The zero-order valence-corrected chi connectivity index (χ0v) is 17.1. The zero-order valence-electron chi connectivity index (χ0n) is 17.1. The highest BCUT2D eigenvalue weighted by Crippen LogP contribution is 2.31. The maximum atomic E-state index is 13.0. The van der Waals surface area contributed by atoms with Crippen LogP contribution in [0, 0.1) is 13.8 Å². The summed E-state index contributed by atoms with van der Waals surface area (Å²) in [6.45, 7) is 6.68. The summed E-state index contributed by atoms with van der Waals surface area (Å²) in [5.41, 5.74) is 3.87. The summed E-state index contributed by atoms with van der Waals surface area (Å²) in [5, 5.41) is 12.0. The average Bonchev–Trinajstić information content (AvgIpc) is 3.13. The molecule has 0 radical (unpaired) electrons. The van der Waals surface area contributed by atoms with Crippen LogP contribution in [0.25, 0.3) is 0 Å². The number of likely N-dealkylation sites (tertiary alicyclic amines) is 1. The smallest absolute Gasteiger partial charge is 0.318 e. The van der Waals surface area contributed by atoms with Gasteiger partial charge in [-0.25, -0.2) is 4.79 Å². The van der Waals surface area contributed by atoms with Crippen molar-refractivity contribution in [2.45, 2.75) is 71.4 Å². The van der Waals surface area contributed by atoms with E-state index in [1.165, 1.54) is 29.5 Å². The molecule has 4 rings (SSSR count). The molecule has 1 atom stereocenters. The van der Waals surface area contributed by atoms with Gasteiger partial charge in [0, 0.05) is 26.1 Å². The Kier molecular flexibility index (Phi) is 5.64. The van der Waals surface area contributed by atoms with E-state index in [-0.39, 0.29) is 12.1 Å². The number of nitrogens with zero attached hydrogens (tertiary/aromatic N) is 4. The van der Waals surface area contributed by atoms with Gasteiger partial charge in [0.05, 0.1) is 6.04 Å². The van der Waals surface area contributed by atoms with Crippen molar-refractivity contribution in [2.75, 3.05) is 13.1 Å². The molecule has 6 heteroatoms. The molecule has 2 amide bonds. The van der Waals surface area contributed by atoms with Crippen LogP contribution in [-0.4, -0.2) is 38.8 Å². The average molecular weight is 382 g/mol. The minimum atomic E-state index is 0.0302. The molecule has 0 bridgehead atoms. The van der Waals surface area contributed by atoms with Gasteiger partial charge in [0.2, 0.25) is 0 Å². The molecular weight excluding hydrogens is 350 g/mol. The van der Waals surface area contributed by atoms with Gasteiger partial charge in [-0.3, -0.25) is 0 Å². The Morgan fingerprint density at radius 2 is 2.00 bits per heavy atom. The quantitative estimate of drug-likeness (QED) is 0.878. The number of urea groups is 1. The first-order valence-corrected chi connectivity index (χ1v) is 10.7. The maximum Gasteiger partial charge on any atom is 0.318 e. The molecule has 2 aliphatic rings. The Balaban J connectivity index is 1.41. The van der Waals surface area contributed by atoms with Crippen molar-refractivity contribution in [1.82, 2.24) is 25.0 Å². The van der Waals surface area contributed by atoms with Gasteiger partial charge < -0.3 is 14.8 Å². The highest BCUT2D eigenvalue weighted by atomic mass is 16.2. The van der Waals surface area contributed by atoms with E-state index in [1.54, 1.807) is 0 Å². The SMILES string of the molecule is Cc1ccc(CCNC(=O)N2CCCC[C@@H]2c2nnc3n2CCCC3)c(C)c1. The number of amides is 2. The molecular formula is C22H31N5O. The number of fused-ring (bicyclic) bond motifs is 1. The molecule has 2 aliphatic heterocycles. The van der Waals surface area contributed by atoms with Crippen molar-refractivity contribution in [3.8, 4) is 0 Å². The molecule has 0 saturated carbocycles. The van der Waals surface area contributed by atoms with Gasteiger partial charge in [-0.05, 0) is 63.5 Å². The second kappa shape index (κ2) is 8.33. The standard InChI is InChI=1S/C22H31N5O/c1-16-9-10-18(17(2)15-16)11-12-23-22(28)26-13-5-3-7-19(26)21-25-24-20-8-4-6-14-27(20)21/h9-10,15,19H,3-8,11-14H2,1-2H3,(H,23,28)/t19-/m1/s1. The number of benzene rings is 1. The van der Waals surface area contributed by atoms with Crippen LogP contribution in [0.4, 0.5) is 4.79 Å². The molecule has 28 heavy (non-hydrogen) atoms. The van der Waals surface area contributed by atoms with Gasteiger partial charge in [0.25, 0.3) is 0 Å². The van der Waals surface area contributed by atoms with Gasteiger partial charge in [0.15, 0.2) is 5.82 Å². The molecule has 0 unspecified atom stereocenters. The van der Waals surface area contributed by atoms with Crippen LogP contribution in [0.3, 0.4) is 0 Å². The lowest BCUT2D eigenvalue weighted by atomic mass is 10.0. The van der Waals surface area contributed by atoms with E-state index < -0.39 is 0 Å². The Labute approximate surface area is 167 Å². The molecule has 1 fully saturated rings. The van der Waals surface area contributed by atoms with Crippen molar-refractivity contribution < 1.29 is 4.79 Å². The minimum absolute atomic E-state index is 0.0302. The van der Waals surface area contributed by atoms with Crippen LogP contribution >= 0.6 is 0 Å². The normalized spacial score (nSPS) is 19.4. The first-order valence-electron chi connectivity index (χ1n) is 10.7. The highest BCUT2D eigenvalue weighted by Gasteiger charge is 2.32. The van der Waals surface area contributed by atoms with E-state index in [4.69, 9.17) is 0 Å². The van der Waals surface area contributed by atoms with Crippen LogP contribution in [0.2, 0.25) is 0 Å². The van der Waals surface area contributed by atoms with Crippen molar-refractivity contribution in [3.63, 3.8) is 0 Å². The number of aromatic nitrogens is 3. The summed E-state index contributed by atoms with van der Waals surface area (Å²) in [4.78, 5) is 14.9. The minimum Gasteiger partial charge on any atom is -0.338 e. The summed E-state index contributed by atoms with van der Waals surface area (Å²) in [6.07, 6.45) is 7.39. The Morgan fingerprint density at radius 1 is 1.14 bits per heavy atom. The lowest BCUT2D eigenvalue weighted by Crippen LogP contribution is -2.46. The summed E-state index contributed by atoms with van der Waals surface area (Å²) in [7, 11) is 0. The number of hydrogen-bond acceptors (Lipinski definition) is 3. The zero-order chi connectivity index (χ0) is 19.5. The van der Waals surface area contributed by atoms with Crippen LogP contribution in [0.1, 0.15) is 66.5 Å². The third-order valence-electron chi connectivity index (χ3n) is 6.12. The number of carbonyl (C=O) groups is 1. The number of aryl methyl sites for hydroxylation is 3. The van der Waals surface area contributed by atoms with Crippen molar-refractivity contribution in [1.29, 1.82) is 0 Å². The van der Waals surface area contributed by atoms with E-state index in [2.05, 4.69) is 52.1 Å². The van der Waals surface area contributed by atoms with Crippen molar-refractivity contribution in [2.24, 2.45) is 0 Å². The van der Waals surface area contributed by atoms with Gasteiger partial charge in [-0.15, -0.1) is 10.2 Å². The van der Waals surface area contributed by atoms with E-state index in [9.17, 15) is 4.79 Å². The van der Waals surface area contributed by atoms with Crippen LogP contribution in [0.15, 0.2) is 18.2 Å². The number of hydrogen-bond donors (Lipinski definition) is 1. The third-order valence-corrected chi connectivity index (χ3v) is 6.12. The summed E-state index contributed by atoms with van der Waals surface area (Å²) >= 11 is 0.